The maximum Gasteiger partial charge on any atom is 0.119 e. The fourth-order valence-corrected chi connectivity index (χ4v) is 1.85. The van der Waals surface area contributed by atoms with Crippen molar-refractivity contribution in [3.05, 3.63) is 49.4 Å². The summed E-state index contributed by atoms with van der Waals surface area (Å²) in [7, 11) is 0. The zero-order valence-corrected chi connectivity index (χ0v) is 11.4. The molecule has 0 aliphatic rings. The molecule has 1 aromatic heterocycles. The van der Waals surface area contributed by atoms with Crippen LogP contribution in [0.1, 0.15) is 19.8 Å². The van der Waals surface area contributed by atoms with Crippen LogP contribution in [-0.4, -0.2) is 16.2 Å². The maximum atomic E-state index is 5.46. The van der Waals surface area contributed by atoms with Crippen molar-refractivity contribution in [2.45, 2.75) is 26.3 Å². The number of aromatic nitrogens is 2. The van der Waals surface area contributed by atoms with Crippen LogP contribution in [-0.2, 0) is 6.54 Å². The van der Waals surface area contributed by atoms with Gasteiger partial charge in [0.15, 0.2) is 0 Å². The van der Waals surface area contributed by atoms with Crippen molar-refractivity contribution in [2.24, 2.45) is 0 Å². The summed E-state index contributed by atoms with van der Waals surface area (Å²) < 4.78 is 7.60. The molecular weight excluding hydrogens is 236 g/mol. The highest BCUT2D eigenvalue weighted by Gasteiger charge is 2.02. The molecule has 100 valence electrons. The molecule has 0 radical (unpaired) electrons. The first-order chi connectivity index (χ1) is 9.33. The first kappa shape index (κ1) is 13.4. The topological polar surface area (TPSA) is 27.1 Å². The smallest absolute Gasteiger partial charge is 0.119 e. The van der Waals surface area contributed by atoms with Gasteiger partial charge in [0, 0.05) is 18.3 Å². The molecule has 0 saturated heterocycles. The van der Waals surface area contributed by atoms with E-state index in [0.29, 0.717) is 6.61 Å². The van der Waals surface area contributed by atoms with E-state index in [9.17, 15) is 0 Å². The van der Waals surface area contributed by atoms with Crippen LogP contribution in [0.3, 0.4) is 0 Å². The molecule has 0 fully saturated rings. The lowest BCUT2D eigenvalue weighted by Gasteiger charge is -2.03. The summed E-state index contributed by atoms with van der Waals surface area (Å²) in [5.41, 5.74) is 2.12. The van der Waals surface area contributed by atoms with Crippen LogP contribution < -0.4 is 4.74 Å². The minimum Gasteiger partial charge on any atom is -0.490 e. The van der Waals surface area contributed by atoms with Crippen molar-refractivity contribution in [1.29, 1.82) is 0 Å². The largest absolute Gasteiger partial charge is 0.490 e. The molecule has 2 rings (SSSR count). The Hall–Kier alpha value is -2.03. The molecule has 3 nitrogen and oxygen atoms in total. The van der Waals surface area contributed by atoms with E-state index in [1.54, 1.807) is 6.08 Å². The third-order valence-corrected chi connectivity index (χ3v) is 2.92. The summed E-state index contributed by atoms with van der Waals surface area (Å²) in [6.45, 7) is 7.39. The van der Waals surface area contributed by atoms with Crippen LogP contribution in [0.2, 0.25) is 0 Å². The van der Waals surface area contributed by atoms with Gasteiger partial charge in [-0.15, -0.1) is 0 Å². The molecule has 1 heterocycles. The molecular formula is C16H20N2O. The molecule has 0 aliphatic carbocycles. The molecule has 0 unspecified atom stereocenters. The predicted molar refractivity (Wildman–Crippen MR) is 78.3 cm³/mol. The van der Waals surface area contributed by atoms with Crippen molar-refractivity contribution < 1.29 is 4.74 Å². The average Bonchev–Trinajstić information content (AvgIpc) is 2.92. The number of hydrogen-bond acceptors (Lipinski definition) is 2. The van der Waals surface area contributed by atoms with Crippen molar-refractivity contribution >= 4 is 0 Å². The average molecular weight is 256 g/mol. The molecule has 0 amide bonds. The third kappa shape index (κ3) is 3.71. The highest BCUT2D eigenvalue weighted by Crippen LogP contribution is 2.21. The summed E-state index contributed by atoms with van der Waals surface area (Å²) >= 11 is 0. The number of benzene rings is 1. The van der Waals surface area contributed by atoms with E-state index in [1.807, 2.05) is 30.6 Å². The van der Waals surface area contributed by atoms with E-state index < -0.39 is 0 Å². The Labute approximate surface area is 114 Å². The number of hydrogen-bond donors (Lipinski definition) is 0. The Balaban J connectivity index is 2.04. The minimum absolute atomic E-state index is 0.533. The Bertz CT molecular complexity index is 514. The number of aryl methyl sites for hydroxylation is 1. The minimum atomic E-state index is 0.533. The molecule has 0 atom stereocenters. The van der Waals surface area contributed by atoms with E-state index >= 15 is 0 Å². The third-order valence-electron chi connectivity index (χ3n) is 2.92. The van der Waals surface area contributed by atoms with Gasteiger partial charge in [0.05, 0.1) is 12.0 Å². The fourth-order valence-electron chi connectivity index (χ4n) is 1.85. The van der Waals surface area contributed by atoms with E-state index in [1.165, 1.54) is 12.8 Å². The van der Waals surface area contributed by atoms with E-state index in [2.05, 4.69) is 29.3 Å². The van der Waals surface area contributed by atoms with E-state index in [-0.39, 0.29) is 0 Å². The SMILES string of the molecule is C=CCOc1ccc(-c2cn(CCCC)cn2)cc1. The predicted octanol–water partition coefficient (Wildman–Crippen LogP) is 3.92. The lowest BCUT2D eigenvalue weighted by Crippen LogP contribution is -1.93. The summed E-state index contributed by atoms with van der Waals surface area (Å²) in [6, 6.07) is 7.99. The zero-order valence-electron chi connectivity index (χ0n) is 11.4. The van der Waals surface area contributed by atoms with Crippen LogP contribution in [0.5, 0.6) is 5.75 Å². The highest BCUT2D eigenvalue weighted by molar-refractivity contribution is 5.59. The first-order valence-electron chi connectivity index (χ1n) is 6.69. The van der Waals surface area contributed by atoms with Gasteiger partial charge in [-0.3, -0.25) is 0 Å². The summed E-state index contributed by atoms with van der Waals surface area (Å²) in [5.74, 6) is 0.856. The molecule has 19 heavy (non-hydrogen) atoms. The number of imidazole rings is 1. The van der Waals surface area contributed by atoms with Crippen molar-refractivity contribution in [1.82, 2.24) is 9.55 Å². The second kappa shape index (κ2) is 6.78. The van der Waals surface area contributed by atoms with Gasteiger partial charge in [-0.2, -0.15) is 0 Å². The van der Waals surface area contributed by atoms with Gasteiger partial charge in [-0.05, 0) is 30.7 Å². The van der Waals surface area contributed by atoms with Gasteiger partial charge in [0.1, 0.15) is 12.4 Å². The highest BCUT2D eigenvalue weighted by atomic mass is 16.5. The number of nitrogens with zero attached hydrogens (tertiary/aromatic N) is 2. The molecule has 0 spiro atoms. The standard InChI is InChI=1S/C16H20N2O/c1-3-5-10-18-12-16(17-13-18)14-6-8-15(9-7-14)19-11-4-2/h4,6-9,12-13H,2-3,5,10-11H2,1H3. The van der Waals surface area contributed by atoms with Crippen LogP contribution >= 0.6 is 0 Å². The molecule has 0 N–H and O–H groups in total. The molecule has 2 aromatic rings. The van der Waals surface area contributed by atoms with Gasteiger partial charge in [-0.25, -0.2) is 4.98 Å². The van der Waals surface area contributed by atoms with Crippen LogP contribution in [0.15, 0.2) is 49.4 Å². The number of unbranched alkanes of at least 4 members (excludes halogenated alkanes) is 1. The Morgan fingerprint density at radius 3 is 2.79 bits per heavy atom. The van der Waals surface area contributed by atoms with Crippen molar-refractivity contribution in [3.63, 3.8) is 0 Å². The van der Waals surface area contributed by atoms with E-state index in [0.717, 1.165) is 23.6 Å². The maximum absolute atomic E-state index is 5.46. The quantitative estimate of drug-likeness (QED) is 0.702. The Morgan fingerprint density at radius 1 is 1.32 bits per heavy atom. The van der Waals surface area contributed by atoms with Crippen LogP contribution in [0, 0.1) is 0 Å². The van der Waals surface area contributed by atoms with Gasteiger partial charge in [-0.1, -0.05) is 26.0 Å². The van der Waals surface area contributed by atoms with Gasteiger partial charge >= 0.3 is 0 Å². The number of rotatable bonds is 7. The summed E-state index contributed by atoms with van der Waals surface area (Å²) in [5, 5.41) is 0. The van der Waals surface area contributed by atoms with Crippen molar-refractivity contribution in [3.8, 4) is 17.0 Å². The van der Waals surface area contributed by atoms with Gasteiger partial charge in [0.2, 0.25) is 0 Å². The van der Waals surface area contributed by atoms with Gasteiger partial charge < -0.3 is 9.30 Å². The molecule has 0 aliphatic heterocycles. The van der Waals surface area contributed by atoms with Gasteiger partial charge in [0.25, 0.3) is 0 Å². The van der Waals surface area contributed by atoms with Crippen LogP contribution in [0.4, 0.5) is 0 Å². The lowest BCUT2D eigenvalue weighted by molar-refractivity contribution is 0.363. The monoisotopic (exact) mass is 256 g/mol. The lowest BCUT2D eigenvalue weighted by atomic mass is 10.1. The number of ether oxygens (including phenoxy) is 1. The second-order valence-corrected chi connectivity index (χ2v) is 4.47. The summed E-state index contributed by atoms with van der Waals surface area (Å²) in [4.78, 5) is 4.44. The van der Waals surface area contributed by atoms with Crippen LogP contribution in [0.25, 0.3) is 11.3 Å². The molecule has 3 heteroatoms. The molecule has 1 aromatic carbocycles. The van der Waals surface area contributed by atoms with E-state index in [4.69, 9.17) is 4.74 Å². The first-order valence-corrected chi connectivity index (χ1v) is 6.69. The normalized spacial score (nSPS) is 10.4. The molecule has 0 saturated carbocycles. The Morgan fingerprint density at radius 2 is 2.11 bits per heavy atom. The zero-order chi connectivity index (χ0) is 13.5. The second-order valence-electron chi connectivity index (χ2n) is 4.47. The molecule has 0 bridgehead atoms. The Kier molecular flexibility index (Phi) is 4.78. The summed E-state index contributed by atoms with van der Waals surface area (Å²) in [6.07, 6.45) is 8.11. The fraction of sp³-hybridized carbons (Fsp3) is 0.312. The van der Waals surface area contributed by atoms with Crippen molar-refractivity contribution in [2.75, 3.05) is 6.61 Å².